The molecule has 0 aliphatic heterocycles. The van der Waals surface area contributed by atoms with Gasteiger partial charge in [-0.15, -0.1) is 10.2 Å². The van der Waals surface area contributed by atoms with Crippen LogP contribution >= 0.6 is 11.8 Å². The number of hydrogen-bond acceptors (Lipinski definition) is 7. The van der Waals surface area contributed by atoms with E-state index in [1.807, 2.05) is 31.2 Å². The lowest BCUT2D eigenvalue weighted by Gasteiger charge is -2.07. The first kappa shape index (κ1) is 20.4. The highest BCUT2D eigenvalue weighted by molar-refractivity contribution is 7.99. The number of benzene rings is 2. The zero-order valence-corrected chi connectivity index (χ0v) is 16.8. The van der Waals surface area contributed by atoms with Crippen molar-refractivity contribution in [3.63, 3.8) is 0 Å². The molecule has 8 nitrogen and oxygen atoms in total. The molecule has 2 N–H and O–H groups in total. The Hall–Kier alpha value is -3.33. The summed E-state index contributed by atoms with van der Waals surface area (Å²) < 4.78 is 11.1. The highest BCUT2D eigenvalue weighted by atomic mass is 32.2. The minimum atomic E-state index is -0.231. The summed E-state index contributed by atoms with van der Waals surface area (Å²) in [6, 6.07) is 14.6. The van der Waals surface area contributed by atoms with E-state index in [0.29, 0.717) is 17.3 Å². The van der Waals surface area contributed by atoms with Crippen molar-refractivity contribution in [2.24, 2.45) is 0 Å². The van der Waals surface area contributed by atoms with E-state index in [0.717, 1.165) is 23.1 Å². The number of anilines is 2. The molecule has 2 amide bonds. The van der Waals surface area contributed by atoms with Crippen LogP contribution in [0, 0.1) is 6.92 Å². The van der Waals surface area contributed by atoms with Crippen LogP contribution in [0.25, 0.3) is 0 Å². The fourth-order valence-corrected chi connectivity index (χ4v) is 2.99. The van der Waals surface area contributed by atoms with Crippen molar-refractivity contribution in [2.75, 3.05) is 16.4 Å². The first-order chi connectivity index (χ1) is 14.0. The fourth-order valence-electron chi connectivity index (χ4n) is 2.41. The number of aromatic nitrogens is 2. The lowest BCUT2D eigenvalue weighted by molar-refractivity contribution is -0.114. The number of nitrogens with zero attached hydrogens (tertiary/aromatic N) is 2. The molecule has 0 aliphatic rings. The van der Waals surface area contributed by atoms with Crippen molar-refractivity contribution in [3.8, 4) is 5.75 Å². The van der Waals surface area contributed by atoms with Crippen molar-refractivity contribution in [3.05, 3.63) is 60.0 Å². The predicted molar refractivity (Wildman–Crippen MR) is 110 cm³/mol. The molecule has 0 saturated heterocycles. The number of carbonyl (C=O) groups excluding carboxylic acids is 2. The van der Waals surface area contributed by atoms with Crippen LogP contribution in [0.4, 0.5) is 11.4 Å². The van der Waals surface area contributed by atoms with E-state index in [1.54, 1.807) is 24.3 Å². The Morgan fingerprint density at radius 3 is 2.59 bits per heavy atom. The van der Waals surface area contributed by atoms with E-state index in [-0.39, 0.29) is 29.4 Å². The summed E-state index contributed by atoms with van der Waals surface area (Å²) in [5, 5.41) is 13.5. The molecule has 150 valence electrons. The highest BCUT2D eigenvalue weighted by Gasteiger charge is 2.11. The van der Waals surface area contributed by atoms with Crippen LogP contribution in [0.15, 0.2) is 58.2 Å². The molecule has 0 atom stereocenters. The Kier molecular flexibility index (Phi) is 6.85. The summed E-state index contributed by atoms with van der Waals surface area (Å²) in [5.74, 6) is 0.745. The van der Waals surface area contributed by atoms with Gasteiger partial charge in [-0.25, -0.2) is 0 Å². The van der Waals surface area contributed by atoms with Gasteiger partial charge >= 0.3 is 0 Å². The van der Waals surface area contributed by atoms with Crippen LogP contribution < -0.4 is 15.4 Å². The Bertz CT molecular complexity index is 1010. The summed E-state index contributed by atoms with van der Waals surface area (Å²) >= 11 is 1.13. The summed E-state index contributed by atoms with van der Waals surface area (Å²) in [4.78, 5) is 23.3. The van der Waals surface area contributed by atoms with E-state index in [9.17, 15) is 9.59 Å². The maximum Gasteiger partial charge on any atom is 0.277 e. The molecule has 29 heavy (non-hydrogen) atoms. The minimum absolute atomic E-state index is 0.102. The van der Waals surface area contributed by atoms with Crippen molar-refractivity contribution in [2.45, 2.75) is 25.7 Å². The largest absolute Gasteiger partial charge is 0.484 e. The third kappa shape index (κ3) is 6.65. The molecule has 0 fully saturated rings. The van der Waals surface area contributed by atoms with Crippen LogP contribution in [0.5, 0.6) is 5.75 Å². The quantitative estimate of drug-likeness (QED) is 0.544. The van der Waals surface area contributed by atoms with Crippen LogP contribution in [-0.2, 0) is 16.2 Å². The van der Waals surface area contributed by atoms with Gasteiger partial charge in [-0.05, 0) is 42.8 Å². The van der Waals surface area contributed by atoms with Crippen molar-refractivity contribution in [1.29, 1.82) is 0 Å². The molecular weight excluding hydrogens is 392 g/mol. The Morgan fingerprint density at radius 2 is 1.83 bits per heavy atom. The van der Waals surface area contributed by atoms with E-state index in [2.05, 4.69) is 20.8 Å². The molecule has 1 aromatic heterocycles. The van der Waals surface area contributed by atoms with Crippen LogP contribution in [-0.4, -0.2) is 27.8 Å². The van der Waals surface area contributed by atoms with Gasteiger partial charge in [-0.3, -0.25) is 9.59 Å². The smallest absolute Gasteiger partial charge is 0.277 e. The number of rotatable bonds is 8. The second-order valence-corrected chi connectivity index (χ2v) is 7.09. The van der Waals surface area contributed by atoms with Gasteiger partial charge in [0.1, 0.15) is 5.75 Å². The fraction of sp³-hybridized carbons (Fsp3) is 0.200. The number of carbonyl (C=O) groups is 2. The number of aryl methyl sites for hydroxylation is 1. The first-order valence-corrected chi connectivity index (χ1v) is 9.78. The van der Waals surface area contributed by atoms with Crippen molar-refractivity contribution < 1.29 is 18.7 Å². The van der Waals surface area contributed by atoms with Gasteiger partial charge in [0.2, 0.25) is 11.8 Å². The zero-order valence-electron chi connectivity index (χ0n) is 16.0. The van der Waals surface area contributed by atoms with E-state index >= 15 is 0 Å². The molecule has 1 heterocycles. The van der Waals surface area contributed by atoms with Crippen LogP contribution in [0.2, 0.25) is 0 Å². The summed E-state index contributed by atoms with van der Waals surface area (Å²) in [5.41, 5.74) is 2.29. The van der Waals surface area contributed by atoms with Gasteiger partial charge in [-0.1, -0.05) is 30.0 Å². The predicted octanol–water partition coefficient (Wildman–Crippen LogP) is 3.65. The monoisotopic (exact) mass is 412 g/mol. The lowest BCUT2D eigenvalue weighted by atomic mass is 10.2. The number of hydrogen-bond donors (Lipinski definition) is 2. The number of thioether (sulfide) groups is 1. The molecule has 0 radical (unpaired) electrons. The SMILES string of the molecule is CC(=O)Nc1cccc(NC(=O)CSc2nnc(COc3cccc(C)c3)o2)c1. The maximum absolute atomic E-state index is 12.1. The van der Waals surface area contributed by atoms with Gasteiger partial charge < -0.3 is 19.8 Å². The topological polar surface area (TPSA) is 106 Å². The van der Waals surface area contributed by atoms with Gasteiger partial charge in [-0.2, -0.15) is 0 Å². The van der Waals surface area contributed by atoms with Gasteiger partial charge in [0.15, 0.2) is 6.61 Å². The Labute approximate surface area is 172 Å². The third-order valence-corrected chi connectivity index (χ3v) is 4.41. The number of nitrogens with one attached hydrogen (secondary N) is 2. The molecular formula is C20H20N4O4S. The highest BCUT2D eigenvalue weighted by Crippen LogP contribution is 2.20. The Balaban J connectivity index is 1.46. The second-order valence-electron chi connectivity index (χ2n) is 6.17. The van der Waals surface area contributed by atoms with Crippen LogP contribution in [0.1, 0.15) is 18.4 Å². The molecule has 0 unspecified atom stereocenters. The van der Waals surface area contributed by atoms with Gasteiger partial charge in [0.25, 0.3) is 11.1 Å². The number of ether oxygens (including phenoxy) is 1. The molecule has 0 saturated carbocycles. The molecule has 0 aliphatic carbocycles. The van der Waals surface area contributed by atoms with E-state index in [1.165, 1.54) is 6.92 Å². The molecule has 0 spiro atoms. The summed E-state index contributed by atoms with van der Waals surface area (Å²) in [6.45, 7) is 3.56. The maximum atomic E-state index is 12.1. The average molecular weight is 412 g/mol. The molecule has 0 bridgehead atoms. The average Bonchev–Trinajstić information content (AvgIpc) is 3.13. The normalized spacial score (nSPS) is 10.4. The van der Waals surface area contributed by atoms with Crippen LogP contribution in [0.3, 0.4) is 0 Å². The molecule has 3 rings (SSSR count). The van der Waals surface area contributed by atoms with Gasteiger partial charge in [0.05, 0.1) is 5.75 Å². The minimum Gasteiger partial charge on any atom is -0.484 e. The molecule has 2 aromatic carbocycles. The zero-order chi connectivity index (χ0) is 20.6. The summed E-state index contributed by atoms with van der Waals surface area (Å²) in [6.07, 6.45) is 0. The summed E-state index contributed by atoms with van der Waals surface area (Å²) in [7, 11) is 0. The third-order valence-electron chi connectivity index (χ3n) is 3.59. The van der Waals surface area contributed by atoms with Crippen molar-refractivity contribution >= 4 is 35.0 Å². The molecule has 9 heteroatoms. The van der Waals surface area contributed by atoms with Gasteiger partial charge in [0, 0.05) is 18.3 Å². The van der Waals surface area contributed by atoms with E-state index in [4.69, 9.17) is 9.15 Å². The molecule has 3 aromatic rings. The standard InChI is InChI=1S/C20H20N4O4S/c1-13-5-3-8-17(9-13)27-11-19-23-24-20(28-19)29-12-18(26)22-16-7-4-6-15(10-16)21-14(2)25/h3-10H,11-12H2,1-2H3,(H,21,25)(H,22,26). The first-order valence-electron chi connectivity index (χ1n) is 8.80. The second kappa shape index (κ2) is 9.74. The van der Waals surface area contributed by atoms with E-state index < -0.39 is 0 Å². The lowest BCUT2D eigenvalue weighted by Crippen LogP contribution is -2.14. The number of amides is 2. The Morgan fingerprint density at radius 1 is 1.07 bits per heavy atom. The van der Waals surface area contributed by atoms with Crippen molar-refractivity contribution in [1.82, 2.24) is 10.2 Å².